The number of aliphatic imine (C=N–C) groups is 1. The maximum Gasteiger partial charge on any atom is 0.417 e. The Kier molecular flexibility index (Phi) is 3.59. The Labute approximate surface area is 123 Å². The van der Waals surface area contributed by atoms with Crippen LogP contribution in [0.4, 0.5) is 18.9 Å². The van der Waals surface area contributed by atoms with Crippen molar-refractivity contribution >= 4 is 23.0 Å². The third kappa shape index (κ3) is 3.18. The first-order valence-electron chi connectivity index (χ1n) is 6.34. The third-order valence-electron chi connectivity index (χ3n) is 3.03. The van der Waals surface area contributed by atoms with Crippen molar-refractivity contribution in [3.05, 3.63) is 41.3 Å². The van der Waals surface area contributed by atoms with Gasteiger partial charge in [0.1, 0.15) is 0 Å². The summed E-state index contributed by atoms with van der Waals surface area (Å²) in [4.78, 5) is 4.82. The lowest BCUT2D eigenvalue weighted by Gasteiger charge is -2.07. The van der Waals surface area contributed by atoms with Crippen LogP contribution >= 0.6 is 11.3 Å². The van der Waals surface area contributed by atoms with Crippen LogP contribution in [-0.4, -0.2) is 19.0 Å². The number of halogens is 3. The Hall–Kier alpha value is -2.02. The summed E-state index contributed by atoms with van der Waals surface area (Å²) in [7, 11) is 0. The molecule has 2 aromatic rings. The van der Waals surface area contributed by atoms with Gasteiger partial charge in [-0.25, -0.2) is 0 Å². The van der Waals surface area contributed by atoms with Gasteiger partial charge >= 0.3 is 6.18 Å². The van der Waals surface area contributed by atoms with Crippen LogP contribution in [-0.2, 0) is 6.18 Å². The van der Waals surface area contributed by atoms with Crippen molar-refractivity contribution < 1.29 is 13.2 Å². The minimum absolute atomic E-state index is 0.602. The van der Waals surface area contributed by atoms with E-state index in [0.717, 1.165) is 47.0 Å². The molecule has 7 heteroatoms. The van der Waals surface area contributed by atoms with Crippen LogP contribution in [0.3, 0.4) is 0 Å². The van der Waals surface area contributed by atoms with Crippen molar-refractivity contribution in [1.29, 1.82) is 0 Å². The summed E-state index contributed by atoms with van der Waals surface area (Å²) in [6.45, 7) is 1.56. The van der Waals surface area contributed by atoms with Crippen LogP contribution < -0.4 is 10.6 Å². The second-order valence-corrected chi connectivity index (χ2v) is 5.47. The van der Waals surface area contributed by atoms with Gasteiger partial charge in [0.05, 0.1) is 12.1 Å². The van der Waals surface area contributed by atoms with Crippen molar-refractivity contribution in [3.8, 4) is 10.4 Å². The molecule has 2 heterocycles. The zero-order valence-corrected chi connectivity index (χ0v) is 11.7. The number of guanidine groups is 1. The van der Waals surface area contributed by atoms with E-state index in [2.05, 4.69) is 15.6 Å². The molecular weight excluding hydrogens is 299 g/mol. The molecule has 1 aromatic carbocycles. The molecule has 3 rings (SSSR count). The molecule has 0 atom stereocenters. The number of anilines is 1. The summed E-state index contributed by atoms with van der Waals surface area (Å²) in [5.74, 6) is 0.721. The van der Waals surface area contributed by atoms with Gasteiger partial charge in [-0.05, 0) is 23.8 Å². The standard InChI is InChI=1S/C14H12F3N3S/c15-14(16,17)10-7-12(21-8-10)9-1-3-11(4-2-9)20-13-18-5-6-19-13/h1-4,7-8H,5-6H2,(H2,18,19,20). The highest BCUT2D eigenvalue weighted by Crippen LogP contribution is 2.36. The smallest absolute Gasteiger partial charge is 0.354 e. The van der Waals surface area contributed by atoms with E-state index in [9.17, 15) is 13.2 Å². The molecule has 1 aromatic heterocycles. The van der Waals surface area contributed by atoms with Gasteiger partial charge in [0.25, 0.3) is 0 Å². The van der Waals surface area contributed by atoms with Crippen LogP contribution in [0.15, 0.2) is 40.7 Å². The number of nitrogens with one attached hydrogen (secondary N) is 2. The summed E-state index contributed by atoms with van der Waals surface area (Å²) in [5.41, 5.74) is 1.01. The van der Waals surface area contributed by atoms with Crippen molar-refractivity contribution in [2.75, 3.05) is 18.4 Å². The number of alkyl halides is 3. The van der Waals surface area contributed by atoms with Crippen LogP contribution in [0, 0.1) is 0 Å². The second-order valence-electron chi connectivity index (χ2n) is 4.56. The fourth-order valence-electron chi connectivity index (χ4n) is 1.97. The summed E-state index contributed by atoms with van der Waals surface area (Å²) in [6.07, 6.45) is -4.29. The minimum Gasteiger partial charge on any atom is -0.354 e. The van der Waals surface area contributed by atoms with E-state index in [4.69, 9.17) is 0 Å². The molecule has 1 aliphatic heterocycles. The Morgan fingerprint density at radius 3 is 2.52 bits per heavy atom. The van der Waals surface area contributed by atoms with E-state index in [1.54, 1.807) is 12.1 Å². The molecule has 0 spiro atoms. The van der Waals surface area contributed by atoms with E-state index in [1.165, 1.54) is 6.07 Å². The van der Waals surface area contributed by atoms with Gasteiger partial charge in [0, 0.05) is 22.5 Å². The number of rotatable bonds is 2. The van der Waals surface area contributed by atoms with E-state index >= 15 is 0 Å². The zero-order chi connectivity index (χ0) is 14.9. The fraction of sp³-hybridized carbons (Fsp3) is 0.214. The molecule has 21 heavy (non-hydrogen) atoms. The third-order valence-corrected chi connectivity index (χ3v) is 4.01. The summed E-state index contributed by atoms with van der Waals surface area (Å²) < 4.78 is 37.8. The maximum absolute atomic E-state index is 12.6. The molecule has 110 valence electrons. The largest absolute Gasteiger partial charge is 0.417 e. The van der Waals surface area contributed by atoms with E-state index < -0.39 is 11.7 Å². The fourth-order valence-corrected chi connectivity index (χ4v) is 2.90. The minimum atomic E-state index is -4.29. The molecule has 0 saturated heterocycles. The van der Waals surface area contributed by atoms with Gasteiger partial charge in [-0.2, -0.15) is 13.2 Å². The summed E-state index contributed by atoms with van der Waals surface area (Å²) in [6, 6.07) is 8.42. The number of hydrogen-bond acceptors (Lipinski definition) is 4. The zero-order valence-electron chi connectivity index (χ0n) is 10.9. The maximum atomic E-state index is 12.6. The van der Waals surface area contributed by atoms with Gasteiger partial charge in [0.2, 0.25) is 0 Å². The molecule has 0 bridgehead atoms. The highest BCUT2D eigenvalue weighted by Gasteiger charge is 2.31. The molecule has 0 radical (unpaired) electrons. The first-order chi connectivity index (χ1) is 10.0. The molecule has 0 saturated carbocycles. The molecule has 0 fully saturated rings. The monoisotopic (exact) mass is 311 g/mol. The average molecular weight is 311 g/mol. The number of nitrogens with zero attached hydrogens (tertiary/aromatic N) is 1. The van der Waals surface area contributed by atoms with Crippen molar-refractivity contribution in [2.24, 2.45) is 4.99 Å². The van der Waals surface area contributed by atoms with Crippen molar-refractivity contribution in [2.45, 2.75) is 6.18 Å². The van der Waals surface area contributed by atoms with Crippen LogP contribution in [0.25, 0.3) is 10.4 Å². The molecule has 0 aliphatic carbocycles. The van der Waals surface area contributed by atoms with Gasteiger partial charge in [-0.1, -0.05) is 12.1 Å². The van der Waals surface area contributed by atoms with Gasteiger partial charge in [-0.3, -0.25) is 4.99 Å². The van der Waals surface area contributed by atoms with E-state index in [-0.39, 0.29) is 0 Å². The molecule has 0 amide bonds. The second kappa shape index (κ2) is 5.40. The number of hydrogen-bond donors (Lipinski definition) is 2. The topological polar surface area (TPSA) is 36.4 Å². The highest BCUT2D eigenvalue weighted by molar-refractivity contribution is 7.13. The lowest BCUT2D eigenvalue weighted by molar-refractivity contribution is -0.137. The number of thiophene rings is 1. The van der Waals surface area contributed by atoms with Crippen molar-refractivity contribution in [3.63, 3.8) is 0 Å². The molecule has 1 aliphatic rings. The van der Waals surface area contributed by atoms with Crippen LogP contribution in [0.5, 0.6) is 0 Å². The molecule has 2 N–H and O–H groups in total. The van der Waals surface area contributed by atoms with Crippen LogP contribution in [0.1, 0.15) is 5.56 Å². The normalized spacial score (nSPS) is 14.7. The Balaban J connectivity index is 1.76. The van der Waals surface area contributed by atoms with Gasteiger partial charge in [-0.15, -0.1) is 11.3 Å². The predicted molar refractivity (Wildman–Crippen MR) is 78.7 cm³/mol. The lowest BCUT2D eigenvalue weighted by atomic mass is 10.1. The van der Waals surface area contributed by atoms with Crippen LogP contribution in [0.2, 0.25) is 0 Å². The van der Waals surface area contributed by atoms with E-state index in [0.29, 0.717) is 4.88 Å². The summed E-state index contributed by atoms with van der Waals surface area (Å²) >= 11 is 1.09. The Bertz CT molecular complexity index is 659. The highest BCUT2D eigenvalue weighted by atomic mass is 32.1. The SMILES string of the molecule is FC(F)(F)c1csc(-c2ccc(NC3=NCCN3)cc2)c1. The first-order valence-corrected chi connectivity index (χ1v) is 7.22. The van der Waals surface area contributed by atoms with E-state index in [1.807, 2.05) is 12.1 Å². The van der Waals surface area contributed by atoms with Crippen molar-refractivity contribution in [1.82, 2.24) is 5.32 Å². The summed E-state index contributed by atoms with van der Waals surface area (Å²) in [5, 5.41) is 7.34. The average Bonchev–Trinajstić information content (AvgIpc) is 3.09. The van der Waals surface area contributed by atoms with Gasteiger partial charge < -0.3 is 10.6 Å². The first kappa shape index (κ1) is 13.9. The number of benzene rings is 1. The molecule has 0 unspecified atom stereocenters. The molecular formula is C14H12F3N3S. The predicted octanol–water partition coefficient (Wildman–Crippen LogP) is 3.81. The molecule has 3 nitrogen and oxygen atoms in total. The quantitative estimate of drug-likeness (QED) is 0.885. The Morgan fingerprint density at radius 1 is 1.19 bits per heavy atom. The lowest BCUT2D eigenvalue weighted by Crippen LogP contribution is -2.26. The van der Waals surface area contributed by atoms with Gasteiger partial charge in [0.15, 0.2) is 5.96 Å². The Morgan fingerprint density at radius 2 is 1.95 bits per heavy atom.